The van der Waals surface area contributed by atoms with Crippen LogP contribution in [0.4, 0.5) is 17.6 Å². The number of benzene rings is 2. The highest BCUT2D eigenvalue weighted by Crippen LogP contribution is 2.36. The molecular weight excluding hydrogens is 473 g/mol. The summed E-state index contributed by atoms with van der Waals surface area (Å²) in [6.45, 7) is 0.114. The first kappa shape index (κ1) is 22.0. The summed E-state index contributed by atoms with van der Waals surface area (Å²) >= 11 is 12.1. The van der Waals surface area contributed by atoms with Gasteiger partial charge in [-0.2, -0.15) is 18.3 Å². The lowest BCUT2D eigenvalue weighted by molar-refractivity contribution is -0.141. The molecule has 0 spiro atoms. The Balaban J connectivity index is 1.85. The monoisotopic (exact) mass is 483 g/mol. The van der Waals surface area contributed by atoms with Gasteiger partial charge in [0.2, 0.25) is 0 Å². The molecule has 32 heavy (non-hydrogen) atoms. The minimum atomic E-state index is -4.75. The van der Waals surface area contributed by atoms with E-state index in [9.17, 15) is 18.0 Å². The minimum absolute atomic E-state index is 0.114. The largest absolute Gasteiger partial charge is 0.436 e. The van der Waals surface area contributed by atoms with Crippen molar-refractivity contribution >= 4 is 23.2 Å². The van der Waals surface area contributed by atoms with E-state index in [1.54, 1.807) is 24.3 Å². The van der Waals surface area contributed by atoms with Crippen molar-refractivity contribution in [1.82, 2.24) is 24.8 Å². The number of hydrogen-bond acceptors (Lipinski definition) is 4. The fourth-order valence-corrected chi connectivity index (χ4v) is 3.41. The molecule has 2 aromatic carbocycles. The normalized spacial score (nSPS) is 11.7. The van der Waals surface area contributed by atoms with Gasteiger partial charge in [-0.25, -0.2) is 13.8 Å². The van der Waals surface area contributed by atoms with Crippen LogP contribution in [-0.4, -0.2) is 24.8 Å². The van der Waals surface area contributed by atoms with Crippen molar-refractivity contribution in [1.29, 1.82) is 0 Å². The summed E-state index contributed by atoms with van der Waals surface area (Å²) in [5, 5.41) is 9.83. The number of rotatable bonds is 4. The van der Waals surface area contributed by atoms with Crippen LogP contribution < -0.4 is 5.56 Å². The Kier molecular flexibility index (Phi) is 5.74. The van der Waals surface area contributed by atoms with E-state index in [0.717, 1.165) is 27.2 Å². The molecule has 2 heterocycles. The van der Waals surface area contributed by atoms with Crippen LogP contribution in [0.1, 0.15) is 11.3 Å². The second kappa shape index (κ2) is 8.36. The molecule has 0 aliphatic carbocycles. The zero-order chi connectivity index (χ0) is 23.0. The Bertz CT molecular complexity index is 1350. The lowest BCUT2D eigenvalue weighted by Gasteiger charge is -2.14. The summed E-state index contributed by atoms with van der Waals surface area (Å²) < 4.78 is 55.6. The van der Waals surface area contributed by atoms with Crippen molar-refractivity contribution in [2.24, 2.45) is 0 Å². The number of alkyl halides is 3. The average Bonchev–Trinajstić information content (AvgIpc) is 3.25. The summed E-state index contributed by atoms with van der Waals surface area (Å²) in [6.07, 6.45) is -3.02. The lowest BCUT2D eigenvalue weighted by atomic mass is 10.0. The standard InChI is InChI=1S/C20H11Cl2F4N5O/c21-13-6-7-14(30-10-15(28-29-30)20(24,25)26)16(18(13)23)12-8-27-31(19(32)17(12)22)9-11-4-2-1-3-5-11/h1-8,10H,9H2. The Morgan fingerprint density at radius 1 is 1.03 bits per heavy atom. The Morgan fingerprint density at radius 2 is 1.75 bits per heavy atom. The highest BCUT2D eigenvalue weighted by atomic mass is 35.5. The Morgan fingerprint density at radius 3 is 2.41 bits per heavy atom. The molecule has 2 aromatic heterocycles. The smallest absolute Gasteiger partial charge is 0.266 e. The molecule has 0 atom stereocenters. The molecule has 0 radical (unpaired) electrons. The van der Waals surface area contributed by atoms with Gasteiger partial charge in [0.1, 0.15) is 5.02 Å². The highest BCUT2D eigenvalue weighted by Gasteiger charge is 2.35. The van der Waals surface area contributed by atoms with E-state index in [2.05, 4.69) is 15.4 Å². The summed E-state index contributed by atoms with van der Waals surface area (Å²) in [5.41, 5.74) is -1.85. The quantitative estimate of drug-likeness (QED) is 0.383. The molecule has 0 saturated carbocycles. The molecule has 0 amide bonds. The molecule has 0 N–H and O–H groups in total. The molecule has 6 nitrogen and oxygen atoms in total. The fourth-order valence-electron chi connectivity index (χ4n) is 3.01. The van der Waals surface area contributed by atoms with E-state index < -0.39 is 23.2 Å². The second-order valence-corrected chi connectivity index (χ2v) is 7.41. The molecule has 0 bridgehead atoms. The first-order valence-corrected chi connectivity index (χ1v) is 9.70. The van der Waals surface area contributed by atoms with E-state index in [0.29, 0.717) is 6.20 Å². The van der Waals surface area contributed by atoms with Gasteiger partial charge < -0.3 is 0 Å². The van der Waals surface area contributed by atoms with Crippen LogP contribution in [0.15, 0.2) is 59.7 Å². The van der Waals surface area contributed by atoms with E-state index in [-0.39, 0.29) is 33.4 Å². The van der Waals surface area contributed by atoms with E-state index in [4.69, 9.17) is 23.2 Å². The average molecular weight is 484 g/mol. The van der Waals surface area contributed by atoms with Crippen LogP contribution in [-0.2, 0) is 12.7 Å². The number of halogens is 6. The third-order valence-electron chi connectivity index (χ3n) is 4.53. The van der Waals surface area contributed by atoms with Crippen LogP contribution in [0.25, 0.3) is 16.8 Å². The molecule has 0 aliphatic heterocycles. The maximum atomic E-state index is 15.0. The first-order valence-electron chi connectivity index (χ1n) is 8.94. The molecular formula is C20H11Cl2F4N5O. The van der Waals surface area contributed by atoms with E-state index >= 15 is 4.39 Å². The van der Waals surface area contributed by atoms with Gasteiger partial charge >= 0.3 is 6.18 Å². The number of hydrogen-bond donors (Lipinski definition) is 0. The van der Waals surface area contributed by atoms with Gasteiger partial charge in [-0.05, 0) is 17.7 Å². The summed E-state index contributed by atoms with van der Waals surface area (Å²) in [7, 11) is 0. The topological polar surface area (TPSA) is 65.6 Å². The van der Waals surface area contributed by atoms with Crippen LogP contribution in [0.3, 0.4) is 0 Å². The van der Waals surface area contributed by atoms with Crippen molar-refractivity contribution in [3.05, 3.63) is 92.3 Å². The lowest BCUT2D eigenvalue weighted by Crippen LogP contribution is -2.24. The molecule has 4 aromatic rings. The van der Waals surface area contributed by atoms with Gasteiger partial charge in [-0.3, -0.25) is 4.79 Å². The van der Waals surface area contributed by atoms with Gasteiger partial charge in [0.25, 0.3) is 5.56 Å². The Labute approximate surface area is 187 Å². The van der Waals surface area contributed by atoms with Crippen molar-refractivity contribution in [2.75, 3.05) is 0 Å². The van der Waals surface area contributed by atoms with Crippen molar-refractivity contribution in [3.63, 3.8) is 0 Å². The maximum Gasteiger partial charge on any atom is 0.436 e. The number of aromatic nitrogens is 5. The second-order valence-electron chi connectivity index (χ2n) is 6.62. The van der Waals surface area contributed by atoms with Gasteiger partial charge in [-0.1, -0.05) is 58.7 Å². The molecule has 4 rings (SSSR count). The highest BCUT2D eigenvalue weighted by molar-refractivity contribution is 6.34. The predicted octanol–water partition coefficient (Wildman–Crippen LogP) is 5.00. The Hall–Kier alpha value is -3.24. The van der Waals surface area contributed by atoms with E-state index in [1.165, 1.54) is 6.07 Å². The van der Waals surface area contributed by atoms with Crippen molar-refractivity contribution in [2.45, 2.75) is 12.7 Å². The fraction of sp³-hybridized carbons (Fsp3) is 0.100. The zero-order valence-corrected chi connectivity index (χ0v) is 17.3. The summed E-state index contributed by atoms with van der Waals surface area (Å²) in [5.74, 6) is -1.00. The molecule has 0 fully saturated rings. The third-order valence-corrected chi connectivity index (χ3v) is 5.19. The van der Waals surface area contributed by atoms with Crippen LogP contribution in [0.5, 0.6) is 0 Å². The molecule has 164 valence electrons. The van der Waals surface area contributed by atoms with Crippen LogP contribution in [0.2, 0.25) is 10.0 Å². The maximum absolute atomic E-state index is 15.0. The molecule has 0 aliphatic rings. The zero-order valence-electron chi connectivity index (χ0n) is 15.8. The van der Waals surface area contributed by atoms with Crippen molar-refractivity contribution in [3.8, 4) is 16.8 Å². The van der Waals surface area contributed by atoms with Gasteiger partial charge in [0.05, 0.1) is 29.6 Å². The molecule has 0 unspecified atom stereocenters. The van der Waals surface area contributed by atoms with Gasteiger partial charge in [0, 0.05) is 11.1 Å². The molecule has 0 saturated heterocycles. The van der Waals surface area contributed by atoms with Crippen LogP contribution >= 0.6 is 23.2 Å². The summed E-state index contributed by atoms with van der Waals surface area (Å²) in [6, 6.07) is 11.3. The SMILES string of the molecule is O=c1c(Cl)c(-c2c(-n3cc(C(F)(F)F)nn3)ccc(Cl)c2F)cnn1Cc1ccccc1. The predicted molar refractivity (Wildman–Crippen MR) is 109 cm³/mol. The number of nitrogens with zero attached hydrogens (tertiary/aromatic N) is 5. The van der Waals surface area contributed by atoms with Crippen molar-refractivity contribution < 1.29 is 17.6 Å². The van der Waals surface area contributed by atoms with Gasteiger partial charge in [-0.15, -0.1) is 5.10 Å². The third kappa shape index (κ3) is 4.11. The molecule has 12 heteroatoms. The first-order chi connectivity index (χ1) is 15.2. The minimum Gasteiger partial charge on any atom is -0.266 e. The summed E-state index contributed by atoms with van der Waals surface area (Å²) in [4.78, 5) is 12.8. The van der Waals surface area contributed by atoms with Crippen LogP contribution in [0, 0.1) is 5.82 Å². The van der Waals surface area contributed by atoms with Gasteiger partial charge in [0.15, 0.2) is 11.5 Å². The van der Waals surface area contributed by atoms with E-state index in [1.807, 2.05) is 6.07 Å².